The highest BCUT2D eigenvalue weighted by Crippen LogP contribution is 2.16. The molecule has 0 fully saturated rings. The van der Waals surface area contributed by atoms with E-state index in [1.54, 1.807) is 6.08 Å². The Morgan fingerprint density at radius 3 is 2.38 bits per heavy atom. The molecule has 0 aromatic heterocycles. The normalized spacial score (nSPS) is 16.8. The highest BCUT2D eigenvalue weighted by Gasteiger charge is 2.04. The number of hydrogen-bond donors (Lipinski definition) is 1. The SMILES string of the molecule is CC/C(C)=C(N)/C(F)=C\[C@H](C)CC. The van der Waals surface area contributed by atoms with Gasteiger partial charge in [0.05, 0.1) is 5.70 Å². The zero-order chi connectivity index (χ0) is 10.4. The first-order chi connectivity index (χ1) is 6.02. The van der Waals surface area contributed by atoms with Crippen molar-refractivity contribution >= 4 is 0 Å². The Morgan fingerprint density at radius 1 is 1.46 bits per heavy atom. The molecule has 0 rings (SSSR count). The highest BCUT2D eigenvalue weighted by molar-refractivity contribution is 5.27. The van der Waals surface area contributed by atoms with Gasteiger partial charge in [0, 0.05) is 0 Å². The van der Waals surface area contributed by atoms with Gasteiger partial charge in [-0.3, -0.25) is 0 Å². The van der Waals surface area contributed by atoms with E-state index in [4.69, 9.17) is 5.73 Å². The van der Waals surface area contributed by atoms with Gasteiger partial charge in [-0.05, 0) is 37.3 Å². The smallest absolute Gasteiger partial charge is 0.142 e. The van der Waals surface area contributed by atoms with Gasteiger partial charge >= 0.3 is 0 Å². The van der Waals surface area contributed by atoms with E-state index in [2.05, 4.69) is 0 Å². The summed E-state index contributed by atoms with van der Waals surface area (Å²) >= 11 is 0. The molecule has 0 radical (unpaired) electrons. The fraction of sp³-hybridized carbons (Fsp3) is 0.636. The van der Waals surface area contributed by atoms with Crippen molar-refractivity contribution in [3.63, 3.8) is 0 Å². The summed E-state index contributed by atoms with van der Waals surface area (Å²) in [6, 6.07) is 0. The molecule has 2 N–H and O–H groups in total. The summed E-state index contributed by atoms with van der Waals surface area (Å²) in [7, 11) is 0. The van der Waals surface area contributed by atoms with Crippen LogP contribution < -0.4 is 5.73 Å². The fourth-order valence-corrected chi connectivity index (χ4v) is 0.852. The van der Waals surface area contributed by atoms with Gasteiger partial charge in [0.25, 0.3) is 0 Å². The van der Waals surface area contributed by atoms with Gasteiger partial charge in [0.1, 0.15) is 5.83 Å². The number of nitrogens with two attached hydrogens (primary N) is 1. The monoisotopic (exact) mass is 185 g/mol. The van der Waals surface area contributed by atoms with E-state index in [1.165, 1.54) is 0 Å². The molecule has 0 unspecified atom stereocenters. The number of rotatable bonds is 4. The summed E-state index contributed by atoms with van der Waals surface area (Å²) in [4.78, 5) is 0. The van der Waals surface area contributed by atoms with Crippen molar-refractivity contribution in [2.75, 3.05) is 0 Å². The molecule has 0 bridgehead atoms. The average Bonchev–Trinajstić information content (AvgIpc) is 2.14. The topological polar surface area (TPSA) is 26.0 Å². The summed E-state index contributed by atoms with van der Waals surface area (Å²) in [6.45, 7) is 7.84. The summed E-state index contributed by atoms with van der Waals surface area (Å²) in [5, 5.41) is 0. The molecular formula is C11H20FN. The molecule has 1 atom stereocenters. The van der Waals surface area contributed by atoms with E-state index in [9.17, 15) is 4.39 Å². The van der Waals surface area contributed by atoms with E-state index in [-0.39, 0.29) is 11.7 Å². The van der Waals surface area contributed by atoms with Crippen molar-refractivity contribution in [1.82, 2.24) is 0 Å². The van der Waals surface area contributed by atoms with E-state index in [0.717, 1.165) is 18.4 Å². The number of halogens is 1. The molecule has 0 spiro atoms. The lowest BCUT2D eigenvalue weighted by Gasteiger charge is -2.05. The standard InChI is InChI=1S/C11H20FN/c1-5-8(3)7-10(12)11(13)9(4)6-2/h7-8H,5-6,13H2,1-4H3/b10-7+,11-9-/t8-/m1/s1. The Bertz CT molecular complexity index is 216. The highest BCUT2D eigenvalue weighted by atomic mass is 19.1. The molecule has 0 saturated carbocycles. The van der Waals surface area contributed by atoms with Crippen molar-refractivity contribution in [2.24, 2.45) is 11.7 Å². The van der Waals surface area contributed by atoms with Crippen LogP contribution in [0.15, 0.2) is 23.2 Å². The van der Waals surface area contributed by atoms with E-state index in [1.807, 2.05) is 27.7 Å². The van der Waals surface area contributed by atoms with Gasteiger partial charge in [-0.1, -0.05) is 20.8 Å². The van der Waals surface area contributed by atoms with Crippen LogP contribution in [0, 0.1) is 5.92 Å². The molecule has 0 aromatic carbocycles. The summed E-state index contributed by atoms with van der Waals surface area (Å²) in [5.41, 5.74) is 6.83. The van der Waals surface area contributed by atoms with Crippen LogP contribution in [-0.2, 0) is 0 Å². The molecule has 0 aliphatic carbocycles. The van der Waals surface area contributed by atoms with E-state index >= 15 is 0 Å². The van der Waals surface area contributed by atoms with E-state index in [0.29, 0.717) is 5.70 Å². The molecule has 0 saturated heterocycles. The Hall–Kier alpha value is -0.790. The van der Waals surface area contributed by atoms with Crippen molar-refractivity contribution in [3.8, 4) is 0 Å². The first kappa shape index (κ1) is 12.2. The van der Waals surface area contributed by atoms with Crippen LogP contribution in [0.2, 0.25) is 0 Å². The molecule has 1 nitrogen and oxygen atoms in total. The minimum Gasteiger partial charge on any atom is -0.396 e. The number of hydrogen-bond acceptors (Lipinski definition) is 1. The van der Waals surface area contributed by atoms with Crippen LogP contribution in [-0.4, -0.2) is 0 Å². The van der Waals surface area contributed by atoms with Crippen molar-refractivity contribution < 1.29 is 4.39 Å². The number of allylic oxidation sites excluding steroid dienone is 3. The first-order valence-corrected chi connectivity index (χ1v) is 4.85. The van der Waals surface area contributed by atoms with Gasteiger partial charge in [-0.25, -0.2) is 4.39 Å². The third-order valence-corrected chi connectivity index (χ3v) is 2.32. The minimum atomic E-state index is -0.270. The maximum atomic E-state index is 13.3. The van der Waals surface area contributed by atoms with Crippen LogP contribution >= 0.6 is 0 Å². The molecule has 0 heterocycles. The van der Waals surface area contributed by atoms with Crippen LogP contribution in [0.1, 0.15) is 40.5 Å². The molecule has 13 heavy (non-hydrogen) atoms. The summed E-state index contributed by atoms with van der Waals surface area (Å²) in [6.07, 6.45) is 3.33. The fourth-order valence-electron chi connectivity index (χ4n) is 0.852. The lowest BCUT2D eigenvalue weighted by atomic mass is 10.1. The molecule has 0 aromatic rings. The van der Waals surface area contributed by atoms with Crippen LogP contribution in [0.5, 0.6) is 0 Å². The maximum absolute atomic E-state index is 13.3. The van der Waals surface area contributed by atoms with Crippen LogP contribution in [0.3, 0.4) is 0 Å². The van der Waals surface area contributed by atoms with Crippen LogP contribution in [0.25, 0.3) is 0 Å². The Balaban J connectivity index is 4.59. The van der Waals surface area contributed by atoms with E-state index < -0.39 is 0 Å². The average molecular weight is 185 g/mol. The Kier molecular flexibility index (Phi) is 5.44. The third-order valence-electron chi connectivity index (χ3n) is 2.32. The molecule has 2 heteroatoms. The second-order valence-electron chi connectivity index (χ2n) is 3.45. The lowest BCUT2D eigenvalue weighted by Crippen LogP contribution is -2.02. The Morgan fingerprint density at radius 2 is 2.00 bits per heavy atom. The van der Waals surface area contributed by atoms with Gasteiger partial charge < -0.3 is 5.73 Å². The van der Waals surface area contributed by atoms with Crippen LogP contribution in [0.4, 0.5) is 4.39 Å². The molecular weight excluding hydrogens is 165 g/mol. The van der Waals surface area contributed by atoms with Crippen molar-refractivity contribution in [3.05, 3.63) is 23.2 Å². The van der Waals surface area contributed by atoms with Crippen molar-refractivity contribution in [1.29, 1.82) is 0 Å². The minimum absolute atomic E-state index is 0.253. The molecule has 0 aliphatic heterocycles. The largest absolute Gasteiger partial charge is 0.396 e. The summed E-state index contributed by atoms with van der Waals surface area (Å²) < 4.78 is 13.3. The van der Waals surface area contributed by atoms with Gasteiger partial charge in [-0.15, -0.1) is 0 Å². The quantitative estimate of drug-likeness (QED) is 0.666. The second kappa shape index (κ2) is 5.79. The van der Waals surface area contributed by atoms with Gasteiger partial charge in [-0.2, -0.15) is 0 Å². The summed E-state index contributed by atoms with van der Waals surface area (Å²) in [5.74, 6) is -0.0168. The zero-order valence-electron chi connectivity index (χ0n) is 9.02. The molecule has 0 aliphatic rings. The maximum Gasteiger partial charge on any atom is 0.142 e. The molecule has 76 valence electrons. The lowest BCUT2D eigenvalue weighted by molar-refractivity contribution is 0.604. The predicted octanol–water partition coefficient (Wildman–Crippen LogP) is 3.53. The second-order valence-corrected chi connectivity index (χ2v) is 3.45. The molecule has 0 amide bonds. The van der Waals surface area contributed by atoms with Gasteiger partial charge in [0.15, 0.2) is 0 Å². The zero-order valence-corrected chi connectivity index (χ0v) is 9.02. The third kappa shape index (κ3) is 4.11. The van der Waals surface area contributed by atoms with Gasteiger partial charge in [0.2, 0.25) is 0 Å². The first-order valence-electron chi connectivity index (χ1n) is 4.85. The Labute approximate surface area is 80.5 Å². The van der Waals surface area contributed by atoms with Crippen molar-refractivity contribution in [2.45, 2.75) is 40.5 Å². The predicted molar refractivity (Wildman–Crippen MR) is 55.8 cm³/mol.